The van der Waals surface area contributed by atoms with Crippen LogP contribution in [0.15, 0.2) is 146 Å². The third-order valence-electron chi connectivity index (χ3n) is 12.9. The van der Waals surface area contributed by atoms with Crippen molar-refractivity contribution in [3.05, 3.63) is 146 Å². The second kappa shape index (κ2) is 12.5. The fraction of sp³-hybridized carbons (Fsp3) is 0. The van der Waals surface area contributed by atoms with Gasteiger partial charge in [0, 0.05) is 55.1 Å². The second-order valence-corrected chi connectivity index (χ2v) is 15.8. The van der Waals surface area contributed by atoms with Gasteiger partial charge in [-0.15, -0.1) is 5.46 Å². The van der Waals surface area contributed by atoms with E-state index in [9.17, 15) is 10.2 Å². The summed E-state index contributed by atoms with van der Waals surface area (Å²) < 4.78 is 6.85. The van der Waals surface area contributed by atoms with Crippen molar-refractivity contribution in [2.45, 2.75) is 0 Å². The first-order valence-corrected chi connectivity index (χ1v) is 19.9. The van der Waals surface area contributed by atoms with E-state index in [2.05, 4.69) is 172 Å². The maximum Gasteiger partial charge on any atom is 0.145 e. The first-order valence-electron chi connectivity index (χ1n) is 19.9. The average Bonchev–Trinajstić information content (AvgIpc) is 3.90. The Balaban J connectivity index is 1.26. The Morgan fingerprint density at radius 3 is 1.47 bits per heavy atom. The van der Waals surface area contributed by atoms with E-state index in [1.165, 1.54) is 21.7 Å². The summed E-state index contributed by atoms with van der Waals surface area (Å²) in [6, 6.07) is 51.0. The number of fused-ring (bicyclic) bond motifs is 9. The summed E-state index contributed by atoms with van der Waals surface area (Å²) in [5.41, 5.74) is 15.9. The molecule has 0 aliphatic heterocycles. The molecule has 270 valence electrons. The lowest BCUT2D eigenvalue weighted by molar-refractivity contribution is 0.473. The number of benzene rings is 8. The lowest BCUT2D eigenvalue weighted by Gasteiger charge is -2.16. The minimum absolute atomic E-state index is 0.166. The molecule has 0 aliphatic carbocycles. The van der Waals surface area contributed by atoms with Crippen LogP contribution in [0, 0.1) is 0 Å². The van der Waals surface area contributed by atoms with Crippen LogP contribution in [0.3, 0.4) is 0 Å². The zero-order valence-corrected chi connectivity index (χ0v) is 33.1. The van der Waals surface area contributed by atoms with Crippen molar-refractivity contribution in [3.8, 4) is 39.7 Å². The van der Waals surface area contributed by atoms with E-state index < -0.39 is 0 Å². The molecule has 0 fully saturated rings. The van der Waals surface area contributed by atoms with Crippen LogP contribution in [0.25, 0.3) is 93.6 Å². The minimum atomic E-state index is 0.166. The predicted octanol–water partition coefficient (Wildman–Crippen LogP) is 3.35. The first kappa shape index (κ1) is 34.3. The van der Waals surface area contributed by atoms with E-state index in [0.29, 0.717) is 21.9 Å². The van der Waals surface area contributed by atoms with Crippen molar-refractivity contribution < 1.29 is 10.2 Å². The third kappa shape index (κ3) is 4.60. The van der Waals surface area contributed by atoms with Crippen LogP contribution in [0.1, 0.15) is 0 Å². The summed E-state index contributed by atoms with van der Waals surface area (Å²) in [7, 11) is 10.5. The highest BCUT2D eigenvalue weighted by molar-refractivity contribution is 6.67. The molecule has 0 amide bonds. The van der Waals surface area contributed by atoms with Gasteiger partial charge in [0.2, 0.25) is 0 Å². The topological polar surface area (TPSA) is 55.2 Å². The molecule has 11 aromatic rings. The highest BCUT2D eigenvalue weighted by Gasteiger charge is 2.28. The summed E-state index contributed by atoms with van der Waals surface area (Å²) in [4.78, 5) is 0. The number of aromatic nitrogens is 3. The predicted molar refractivity (Wildman–Crippen MR) is 259 cm³/mol. The van der Waals surface area contributed by atoms with Crippen LogP contribution < -0.4 is 27.3 Å². The number of hydrogen-bond acceptors (Lipinski definition) is 2. The fourth-order valence-corrected chi connectivity index (χ4v) is 9.81. The Morgan fingerprint density at radius 1 is 0.345 bits per heavy atom. The maximum absolute atomic E-state index is 12.7. The molecule has 0 bridgehead atoms. The van der Waals surface area contributed by atoms with E-state index in [-0.39, 0.29) is 11.5 Å². The van der Waals surface area contributed by atoms with Gasteiger partial charge in [0.1, 0.15) is 50.7 Å². The number of phenols is 2. The Labute approximate surface area is 339 Å². The van der Waals surface area contributed by atoms with E-state index in [1.807, 2.05) is 26.0 Å². The van der Waals surface area contributed by atoms with E-state index >= 15 is 0 Å². The van der Waals surface area contributed by atoms with Crippen LogP contribution >= 0.6 is 0 Å². The molecule has 0 saturated carbocycles. The SMILES string of the molecule is Bc1c(B)c(B)c2c(c1B)c1c(O)c(-c3ccc4c(c3)c3cc5c6ccccc6n(-c6ccccc6)c5cc3n4-c3ccccc3)c(B)c(O)c1n2-c1ccccc1. The zero-order chi connectivity index (χ0) is 39.6. The summed E-state index contributed by atoms with van der Waals surface area (Å²) in [6.07, 6.45) is 0. The quantitative estimate of drug-likeness (QED) is 0.215. The average molecular weight is 741 g/mol. The standard InChI is InChI=1S/C48H36B5N3O2/c49-40-38-39-46(56(28-16-8-3-9-17-28)45(38)44(53)43(52)42(40)51)48(58)41(50)37(47(39)57)25-20-21-34-30(22-25)32-23-31-29-18-10-11-19-33(29)54(26-12-4-1-5-13-26)35(31)24-36(32)55(34)27-14-6-2-7-15-27/h1-24,57-58H,49-53H2. The summed E-state index contributed by atoms with van der Waals surface area (Å²) in [5.74, 6) is 0.342. The van der Waals surface area contributed by atoms with Gasteiger partial charge in [-0.05, 0) is 77.8 Å². The number of aromatic hydroxyl groups is 2. The minimum Gasteiger partial charge on any atom is -0.507 e. The summed E-state index contributed by atoms with van der Waals surface area (Å²) in [5, 5.41) is 31.3. The molecule has 2 N–H and O–H groups in total. The molecule has 11 rings (SSSR count). The molecular weight excluding hydrogens is 705 g/mol. The van der Waals surface area contributed by atoms with Gasteiger partial charge in [-0.3, -0.25) is 0 Å². The zero-order valence-electron chi connectivity index (χ0n) is 33.1. The van der Waals surface area contributed by atoms with Crippen molar-refractivity contribution in [2.24, 2.45) is 0 Å². The Kier molecular flexibility index (Phi) is 7.43. The van der Waals surface area contributed by atoms with Gasteiger partial charge in [0.25, 0.3) is 0 Å². The largest absolute Gasteiger partial charge is 0.507 e. The molecule has 5 nitrogen and oxygen atoms in total. The van der Waals surface area contributed by atoms with Crippen molar-refractivity contribution in [3.63, 3.8) is 0 Å². The number of para-hydroxylation sites is 4. The second-order valence-electron chi connectivity index (χ2n) is 15.8. The highest BCUT2D eigenvalue weighted by atomic mass is 16.3. The number of phenolic OH excluding ortho intramolecular Hbond substituents is 2. The van der Waals surface area contributed by atoms with E-state index in [4.69, 9.17) is 0 Å². The van der Waals surface area contributed by atoms with Crippen LogP contribution in [0.2, 0.25) is 0 Å². The van der Waals surface area contributed by atoms with E-state index in [1.54, 1.807) is 0 Å². The van der Waals surface area contributed by atoms with Gasteiger partial charge in [-0.2, -0.15) is 0 Å². The van der Waals surface area contributed by atoms with Gasteiger partial charge < -0.3 is 23.9 Å². The molecule has 3 heterocycles. The smallest absolute Gasteiger partial charge is 0.145 e. The molecule has 0 saturated heterocycles. The molecule has 0 unspecified atom stereocenters. The molecule has 0 radical (unpaired) electrons. The first-order chi connectivity index (χ1) is 28.2. The van der Waals surface area contributed by atoms with Crippen LogP contribution in [-0.2, 0) is 0 Å². The van der Waals surface area contributed by atoms with Crippen molar-refractivity contribution in [1.29, 1.82) is 0 Å². The lowest BCUT2D eigenvalue weighted by atomic mass is 9.65. The third-order valence-corrected chi connectivity index (χ3v) is 12.9. The molecule has 58 heavy (non-hydrogen) atoms. The van der Waals surface area contributed by atoms with Gasteiger partial charge in [-0.1, -0.05) is 95.3 Å². The van der Waals surface area contributed by atoms with Crippen molar-refractivity contribution >= 4 is 132 Å². The Morgan fingerprint density at radius 2 is 0.845 bits per heavy atom. The monoisotopic (exact) mass is 741 g/mol. The van der Waals surface area contributed by atoms with Gasteiger partial charge in [0.15, 0.2) is 0 Å². The number of hydrogen-bond donors (Lipinski definition) is 2. The molecule has 8 aromatic carbocycles. The van der Waals surface area contributed by atoms with Crippen LogP contribution in [0.4, 0.5) is 0 Å². The van der Waals surface area contributed by atoms with Gasteiger partial charge >= 0.3 is 0 Å². The fourth-order valence-electron chi connectivity index (χ4n) is 9.81. The number of nitrogens with zero attached hydrogens (tertiary/aromatic N) is 3. The summed E-state index contributed by atoms with van der Waals surface area (Å²) >= 11 is 0. The van der Waals surface area contributed by atoms with Gasteiger partial charge in [0.05, 0.1) is 33.0 Å². The normalized spacial score (nSPS) is 11.9. The molecule has 10 heteroatoms. The van der Waals surface area contributed by atoms with E-state index in [0.717, 1.165) is 77.3 Å². The van der Waals surface area contributed by atoms with Gasteiger partial charge in [-0.25, -0.2) is 0 Å². The molecule has 3 aromatic heterocycles. The van der Waals surface area contributed by atoms with Crippen molar-refractivity contribution in [2.75, 3.05) is 0 Å². The Hall–Kier alpha value is -6.92. The van der Waals surface area contributed by atoms with Crippen molar-refractivity contribution in [1.82, 2.24) is 13.7 Å². The van der Waals surface area contributed by atoms with Crippen LogP contribution in [0.5, 0.6) is 11.5 Å². The highest BCUT2D eigenvalue weighted by Crippen LogP contribution is 2.46. The van der Waals surface area contributed by atoms with Crippen LogP contribution in [-0.4, -0.2) is 63.1 Å². The lowest BCUT2D eigenvalue weighted by Crippen LogP contribution is -2.48. The number of rotatable bonds is 4. The molecule has 0 aliphatic rings. The molecule has 0 atom stereocenters. The molecular formula is C48H36B5N3O2. The Bertz CT molecular complexity index is 3520. The molecule has 0 spiro atoms. The summed E-state index contributed by atoms with van der Waals surface area (Å²) in [6.45, 7) is 0. The maximum atomic E-state index is 12.7.